The van der Waals surface area contributed by atoms with E-state index < -0.39 is 48.2 Å². The molecule has 136 valence electrons. The molecule has 0 bridgehead atoms. The lowest BCUT2D eigenvalue weighted by Crippen LogP contribution is -2.60. The number of hydrogen-bond acceptors (Lipinski definition) is 7. The van der Waals surface area contributed by atoms with Crippen molar-refractivity contribution in [2.45, 2.75) is 70.0 Å². The minimum absolute atomic E-state index is 0.145. The molecule has 3 rings (SSSR count). The van der Waals surface area contributed by atoms with Gasteiger partial charge in [0.2, 0.25) is 5.91 Å². The number of fused-ring (bicyclic) bond motifs is 3. The van der Waals surface area contributed by atoms with Crippen LogP contribution < -0.4 is 10.6 Å². The van der Waals surface area contributed by atoms with Crippen molar-refractivity contribution >= 4 is 11.8 Å². The van der Waals surface area contributed by atoms with Crippen LogP contribution in [0.1, 0.15) is 27.7 Å². The highest BCUT2D eigenvalue weighted by atomic mass is 16.9. The molecule has 0 aromatic carbocycles. The van der Waals surface area contributed by atoms with E-state index in [2.05, 4.69) is 10.6 Å². The molecule has 3 aliphatic heterocycles. The molecule has 0 aliphatic carbocycles. The van der Waals surface area contributed by atoms with Crippen LogP contribution in [0.25, 0.3) is 0 Å². The molecule has 0 radical (unpaired) electrons. The number of carbonyl (C=O) groups is 2. The average molecular weight is 344 g/mol. The van der Waals surface area contributed by atoms with Crippen LogP contribution in [-0.2, 0) is 33.3 Å². The maximum atomic E-state index is 12.5. The summed E-state index contributed by atoms with van der Waals surface area (Å²) < 4.78 is 29.1. The van der Waals surface area contributed by atoms with Crippen LogP contribution in [0.3, 0.4) is 0 Å². The second-order valence-corrected chi connectivity index (χ2v) is 6.98. The predicted octanol–water partition coefficient (Wildman–Crippen LogP) is -0.755. The highest BCUT2D eigenvalue weighted by Crippen LogP contribution is 2.44. The van der Waals surface area contributed by atoms with Crippen molar-refractivity contribution in [1.82, 2.24) is 10.6 Å². The Bertz CT molecular complexity index is 536. The summed E-state index contributed by atoms with van der Waals surface area (Å²) in [5, 5.41) is 4.97. The number of ether oxygens (including phenoxy) is 5. The second-order valence-electron chi connectivity index (χ2n) is 6.98. The topological polar surface area (TPSA) is 104 Å². The molecule has 24 heavy (non-hydrogen) atoms. The summed E-state index contributed by atoms with van der Waals surface area (Å²) in [5.41, 5.74) is 0. The molecule has 3 saturated heterocycles. The fourth-order valence-electron chi connectivity index (χ4n) is 3.18. The standard InChI is InChI=1S/C15H24N2O7/c1-14(2)21-8-9(22-14)11-13(24-15(3,4)23-11)20-10(8)12(19)17-6-7(18)16-5/h8-11,13H,6H2,1-5H3,(H,16,18)(H,17,19)/t8-,9+,10?,11-,13-/m1/s1. The summed E-state index contributed by atoms with van der Waals surface area (Å²) in [6, 6.07) is 0. The monoisotopic (exact) mass is 344 g/mol. The largest absolute Gasteiger partial charge is 0.358 e. The van der Waals surface area contributed by atoms with E-state index in [0.717, 1.165) is 0 Å². The molecule has 3 aliphatic rings. The van der Waals surface area contributed by atoms with Gasteiger partial charge in [-0.3, -0.25) is 9.59 Å². The predicted molar refractivity (Wildman–Crippen MR) is 79.6 cm³/mol. The van der Waals surface area contributed by atoms with E-state index >= 15 is 0 Å². The van der Waals surface area contributed by atoms with E-state index in [-0.39, 0.29) is 12.5 Å². The summed E-state index contributed by atoms with van der Waals surface area (Å²) in [5.74, 6) is -2.48. The van der Waals surface area contributed by atoms with Gasteiger partial charge in [0.1, 0.15) is 18.3 Å². The summed E-state index contributed by atoms with van der Waals surface area (Å²) in [6.07, 6.45) is -3.34. The Kier molecular flexibility index (Phi) is 4.33. The Balaban J connectivity index is 1.77. The van der Waals surface area contributed by atoms with Gasteiger partial charge in [-0.15, -0.1) is 0 Å². The zero-order valence-electron chi connectivity index (χ0n) is 14.5. The molecule has 1 unspecified atom stereocenters. The molecule has 3 heterocycles. The average Bonchev–Trinajstić information content (AvgIpc) is 2.97. The zero-order chi connectivity index (χ0) is 17.7. The third-order valence-electron chi connectivity index (χ3n) is 4.12. The van der Waals surface area contributed by atoms with Crippen molar-refractivity contribution in [2.24, 2.45) is 0 Å². The van der Waals surface area contributed by atoms with Crippen LogP contribution in [0.5, 0.6) is 0 Å². The van der Waals surface area contributed by atoms with Crippen LogP contribution in [0, 0.1) is 0 Å². The van der Waals surface area contributed by atoms with Gasteiger partial charge in [-0.2, -0.15) is 0 Å². The fraction of sp³-hybridized carbons (Fsp3) is 0.867. The van der Waals surface area contributed by atoms with E-state index in [1.807, 2.05) is 0 Å². The van der Waals surface area contributed by atoms with Crippen LogP contribution >= 0.6 is 0 Å². The van der Waals surface area contributed by atoms with Crippen LogP contribution in [0.15, 0.2) is 0 Å². The van der Waals surface area contributed by atoms with Gasteiger partial charge >= 0.3 is 0 Å². The second kappa shape index (κ2) is 5.92. The zero-order valence-corrected chi connectivity index (χ0v) is 14.5. The summed E-state index contributed by atoms with van der Waals surface area (Å²) in [4.78, 5) is 23.8. The van der Waals surface area contributed by atoms with E-state index in [1.165, 1.54) is 7.05 Å². The number of likely N-dealkylation sites (N-methyl/N-ethyl adjacent to an activating group) is 1. The number of rotatable bonds is 3. The quantitative estimate of drug-likeness (QED) is 0.694. The molecular weight excluding hydrogens is 320 g/mol. The van der Waals surface area contributed by atoms with Crippen molar-refractivity contribution in [3.05, 3.63) is 0 Å². The van der Waals surface area contributed by atoms with Gasteiger partial charge in [0, 0.05) is 7.05 Å². The lowest BCUT2D eigenvalue weighted by Gasteiger charge is -2.36. The van der Waals surface area contributed by atoms with Gasteiger partial charge in [0.25, 0.3) is 5.91 Å². The minimum atomic E-state index is -0.958. The Morgan fingerprint density at radius 2 is 1.50 bits per heavy atom. The van der Waals surface area contributed by atoms with E-state index in [1.54, 1.807) is 27.7 Å². The molecule has 9 nitrogen and oxygen atoms in total. The smallest absolute Gasteiger partial charge is 0.252 e. The van der Waals surface area contributed by atoms with E-state index in [9.17, 15) is 9.59 Å². The molecule has 2 amide bonds. The lowest BCUT2D eigenvalue weighted by molar-refractivity contribution is -0.231. The minimum Gasteiger partial charge on any atom is -0.358 e. The first kappa shape index (κ1) is 17.6. The van der Waals surface area contributed by atoms with Crippen molar-refractivity contribution in [3.63, 3.8) is 0 Å². The van der Waals surface area contributed by atoms with Crippen molar-refractivity contribution in [1.29, 1.82) is 0 Å². The molecule has 0 aromatic heterocycles. The van der Waals surface area contributed by atoms with Gasteiger partial charge in [-0.05, 0) is 27.7 Å². The number of hydrogen-bond donors (Lipinski definition) is 2. The lowest BCUT2D eigenvalue weighted by atomic mass is 9.98. The van der Waals surface area contributed by atoms with Crippen LogP contribution in [0.2, 0.25) is 0 Å². The van der Waals surface area contributed by atoms with Crippen LogP contribution in [-0.4, -0.2) is 67.7 Å². The number of nitrogens with one attached hydrogen (secondary N) is 2. The van der Waals surface area contributed by atoms with E-state index in [0.29, 0.717) is 0 Å². The number of carbonyl (C=O) groups excluding carboxylic acids is 2. The summed E-state index contributed by atoms with van der Waals surface area (Å²) >= 11 is 0. The third-order valence-corrected chi connectivity index (χ3v) is 4.12. The third kappa shape index (κ3) is 3.27. The van der Waals surface area contributed by atoms with Gasteiger partial charge < -0.3 is 34.3 Å². The first-order chi connectivity index (χ1) is 11.1. The molecule has 3 fully saturated rings. The Morgan fingerprint density at radius 1 is 0.917 bits per heavy atom. The first-order valence-corrected chi connectivity index (χ1v) is 7.97. The first-order valence-electron chi connectivity index (χ1n) is 7.97. The molecule has 0 spiro atoms. The highest BCUT2D eigenvalue weighted by molar-refractivity contribution is 5.87. The fourth-order valence-corrected chi connectivity index (χ4v) is 3.18. The molecule has 2 N–H and O–H groups in total. The van der Waals surface area contributed by atoms with Gasteiger partial charge in [0.15, 0.2) is 24.0 Å². The molecule has 5 atom stereocenters. The van der Waals surface area contributed by atoms with Gasteiger partial charge in [-0.1, -0.05) is 0 Å². The molecular formula is C15H24N2O7. The molecule has 0 saturated carbocycles. The van der Waals surface area contributed by atoms with Crippen molar-refractivity contribution in [2.75, 3.05) is 13.6 Å². The Labute approximate surface area is 140 Å². The van der Waals surface area contributed by atoms with E-state index in [4.69, 9.17) is 23.7 Å². The van der Waals surface area contributed by atoms with Crippen LogP contribution in [0.4, 0.5) is 0 Å². The SMILES string of the molecule is CNC(=O)CNC(=O)C1O[C@@H]2OC(C)(C)O[C@@H]2[C@H]2OC(C)(C)O[C@@H]12. The number of amides is 2. The molecule has 0 aromatic rings. The van der Waals surface area contributed by atoms with Crippen molar-refractivity contribution < 1.29 is 33.3 Å². The maximum absolute atomic E-state index is 12.5. The Morgan fingerprint density at radius 3 is 2.17 bits per heavy atom. The summed E-state index contributed by atoms with van der Waals surface area (Å²) in [7, 11) is 1.49. The van der Waals surface area contributed by atoms with Gasteiger partial charge in [0.05, 0.1) is 6.54 Å². The maximum Gasteiger partial charge on any atom is 0.252 e. The van der Waals surface area contributed by atoms with Gasteiger partial charge in [-0.25, -0.2) is 0 Å². The normalized spacial score (nSPS) is 39.0. The van der Waals surface area contributed by atoms with Crippen molar-refractivity contribution in [3.8, 4) is 0 Å². The summed E-state index contributed by atoms with van der Waals surface area (Å²) in [6.45, 7) is 6.92. The molecule has 9 heteroatoms. The highest BCUT2D eigenvalue weighted by Gasteiger charge is 2.62. The Hall–Kier alpha value is -1.26.